The zero-order chi connectivity index (χ0) is 15.9. The molecule has 3 rings (SSSR count). The first-order valence-corrected chi connectivity index (χ1v) is 6.38. The average molecular weight is 322 g/mol. The third kappa shape index (κ3) is 2.25. The standard InChI is InChI=1S/C14H6ClF2N3O2/c15-10-12(20-6-1-2-8(16)9(17)3-6)13(21)7-4-18-5-19-11(7)14(10)22/h1-5,20H. The molecule has 0 unspecified atom stereocenters. The molecule has 0 saturated heterocycles. The number of carbonyl (C=O) groups is 2. The maximum atomic E-state index is 13.2. The minimum absolute atomic E-state index is 0.0121. The minimum atomic E-state index is -1.10. The van der Waals surface area contributed by atoms with Gasteiger partial charge in [-0.2, -0.15) is 0 Å². The van der Waals surface area contributed by atoms with Gasteiger partial charge in [0.2, 0.25) is 11.6 Å². The van der Waals surface area contributed by atoms with Crippen LogP contribution in [0.5, 0.6) is 0 Å². The predicted molar refractivity (Wildman–Crippen MR) is 73.6 cm³/mol. The van der Waals surface area contributed by atoms with Crippen molar-refractivity contribution in [2.24, 2.45) is 0 Å². The van der Waals surface area contributed by atoms with Crippen molar-refractivity contribution in [1.82, 2.24) is 9.97 Å². The van der Waals surface area contributed by atoms with E-state index in [4.69, 9.17) is 11.6 Å². The molecule has 1 N–H and O–H groups in total. The van der Waals surface area contributed by atoms with Gasteiger partial charge in [-0.3, -0.25) is 9.59 Å². The van der Waals surface area contributed by atoms with Crippen LogP contribution >= 0.6 is 11.6 Å². The molecule has 0 fully saturated rings. The average Bonchev–Trinajstić information content (AvgIpc) is 2.53. The molecule has 1 aliphatic carbocycles. The quantitative estimate of drug-likeness (QED) is 0.920. The number of nitrogens with zero attached hydrogens (tertiary/aromatic N) is 2. The number of hydrogen-bond donors (Lipinski definition) is 1. The summed E-state index contributed by atoms with van der Waals surface area (Å²) in [5.41, 5.74) is -0.267. The first kappa shape index (κ1) is 14.3. The first-order chi connectivity index (χ1) is 10.5. The van der Waals surface area contributed by atoms with E-state index >= 15 is 0 Å². The van der Waals surface area contributed by atoms with Crippen molar-refractivity contribution in [3.8, 4) is 0 Å². The number of hydrogen-bond acceptors (Lipinski definition) is 5. The number of carbonyl (C=O) groups excluding carboxylic acids is 2. The third-order valence-electron chi connectivity index (χ3n) is 3.01. The highest BCUT2D eigenvalue weighted by atomic mass is 35.5. The van der Waals surface area contributed by atoms with E-state index in [0.29, 0.717) is 0 Å². The Kier molecular flexibility index (Phi) is 3.42. The van der Waals surface area contributed by atoms with Gasteiger partial charge in [0.1, 0.15) is 22.8 Å². The summed E-state index contributed by atoms with van der Waals surface area (Å²) in [6, 6.07) is 2.95. The van der Waals surface area contributed by atoms with E-state index in [2.05, 4.69) is 15.3 Å². The van der Waals surface area contributed by atoms with Gasteiger partial charge in [0.05, 0.1) is 5.56 Å². The van der Waals surface area contributed by atoms with E-state index in [1.54, 1.807) is 0 Å². The van der Waals surface area contributed by atoms with Gasteiger partial charge >= 0.3 is 0 Å². The molecule has 1 aromatic carbocycles. The Morgan fingerprint density at radius 1 is 1.09 bits per heavy atom. The zero-order valence-electron chi connectivity index (χ0n) is 10.7. The summed E-state index contributed by atoms with van der Waals surface area (Å²) in [7, 11) is 0. The number of ketones is 2. The fraction of sp³-hybridized carbons (Fsp3) is 0. The van der Waals surface area contributed by atoms with Crippen molar-refractivity contribution in [1.29, 1.82) is 0 Å². The van der Waals surface area contributed by atoms with Crippen molar-refractivity contribution in [3.63, 3.8) is 0 Å². The molecule has 0 saturated carbocycles. The van der Waals surface area contributed by atoms with Crippen molar-refractivity contribution in [2.75, 3.05) is 5.32 Å². The van der Waals surface area contributed by atoms with E-state index in [1.807, 2.05) is 0 Å². The van der Waals surface area contributed by atoms with Crippen molar-refractivity contribution in [2.45, 2.75) is 0 Å². The van der Waals surface area contributed by atoms with Gasteiger partial charge in [0.25, 0.3) is 0 Å². The highest BCUT2D eigenvalue weighted by molar-refractivity contribution is 6.50. The van der Waals surface area contributed by atoms with Crippen LogP contribution in [0.25, 0.3) is 0 Å². The summed E-state index contributed by atoms with van der Waals surface area (Å²) in [5.74, 6) is -3.39. The lowest BCUT2D eigenvalue weighted by molar-refractivity contribution is 0.0977. The molecule has 1 aliphatic rings. The Labute approximate surface area is 127 Å². The van der Waals surface area contributed by atoms with Crippen LogP contribution in [0, 0.1) is 11.6 Å². The SMILES string of the molecule is O=C1C(Nc2ccc(F)c(F)c2)=C(Cl)C(=O)c2ncncc21. The van der Waals surface area contributed by atoms with E-state index in [9.17, 15) is 18.4 Å². The topological polar surface area (TPSA) is 72.0 Å². The summed E-state index contributed by atoms with van der Waals surface area (Å²) in [4.78, 5) is 31.8. The fourth-order valence-corrected chi connectivity index (χ4v) is 2.18. The van der Waals surface area contributed by atoms with Gasteiger partial charge in [0.15, 0.2) is 11.6 Å². The van der Waals surface area contributed by atoms with Gasteiger partial charge < -0.3 is 5.32 Å². The van der Waals surface area contributed by atoms with Crippen LogP contribution in [-0.4, -0.2) is 21.5 Å². The van der Waals surface area contributed by atoms with Crippen LogP contribution < -0.4 is 5.32 Å². The molecular weight excluding hydrogens is 316 g/mol. The highest BCUT2D eigenvalue weighted by Gasteiger charge is 2.33. The Morgan fingerprint density at radius 3 is 2.59 bits per heavy atom. The molecule has 0 radical (unpaired) electrons. The summed E-state index contributed by atoms with van der Waals surface area (Å²) < 4.78 is 26.1. The third-order valence-corrected chi connectivity index (χ3v) is 3.37. The maximum Gasteiger partial charge on any atom is 0.225 e. The summed E-state index contributed by atoms with van der Waals surface area (Å²) in [5, 5.41) is 2.16. The Bertz CT molecular complexity index is 852. The number of anilines is 1. The second-order valence-corrected chi connectivity index (χ2v) is 4.76. The number of rotatable bonds is 2. The monoisotopic (exact) mass is 321 g/mol. The normalized spacial score (nSPS) is 14.1. The summed E-state index contributed by atoms with van der Waals surface area (Å²) >= 11 is 5.90. The van der Waals surface area contributed by atoms with Crippen LogP contribution in [0.2, 0.25) is 0 Å². The van der Waals surface area contributed by atoms with Crippen LogP contribution in [0.15, 0.2) is 41.5 Å². The van der Waals surface area contributed by atoms with E-state index in [1.165, 1.54) is 12.3 Å². The van der Waals surface area contributed by atoms with E-state index in [0.717, 1.165) is 18.5 Å². The number of nitrogens with one attached hydrogen (secondary N) is 1. The predicted octanol–water partition coefficient (Wildman–Crippen LogP) is 2.70. The largest absolute Gasteiger partial charge is 0.351 e. The van der Waals surface area contributed by atoms with Crippen molar-refractivity contribution >= 4 is 28.9 Å². The number of Topliss-reactive ketones (excluding diaryl/α,β-unsaturated/α-hetero) is 2. The zero-order valence-corrected chi connectivity index (χ0v) is 11.5. The molecule has 0 bridgehead atoms. The van der Waals surface area contributed by atoms with Crippen molar-refractivity contribution < 1.29 is 18.4 Å². The first-order valence-electron chi connectivity index (χ1n) is 6.00. The number of halogens is 3. The molecule has 0 spiro atoms. The molecule has 22 heavy (non-hydrogen) atoms. The lowest BCUT2D eigenvalue weighted by Gasteiger charge is -2.17. The summed E-state index contributed by atoms with van der Waals surface area (Å²) in [6.45, 7) is 0. The van der Waals surface area contributed by atoms with Gasteiger partial charge in [0, 0.05) is 18.0 Å². The lowest BCUT2D eigenvalue weighted by Crippen LogP contribution is -2.25. The maximum absolute atomic E-state index is 13.2. The molecule has 0 amide bonds. The fourth-order valence-electron chi connectivity index (χ4n) is 1.96. The molecular formula is C14H6ClF2N3O2. The Balaban J connectivity index is 2.03. The lowest BCUT2D eigenvalue weighted by atomic mass is 9.98. The highest BCUT2D eigenvalue weighted by Crippen LogP contribution is 2.28. The molecule has 2 aromatic rings. The minimum Gasteiger partial charge on any atom is -0.351 e. The van der Waals surface area contributed by atoms with Gasteiger partial charge in [-0.15, -0.1) is 0 Å². The molecule has 1 heterocycles. The van der Waals surface area contributed by atoms with Gasteiger partial charge in [-0.1, -0.05) is 11.6 Å². The molecule has 1 aromatic heterocycles. The van der Waals surface area contributed by atoms with Crippen LogP contribution in [0.3, 0.4) is 0 Å². The molecule has 110 valence electrons. The van der Waals surface area contributed by atoms with Crippen molar-refractivity contribution in [3.05, 3.63) is 64.3 Å². The number of fused-ring (bicyclic) bond motifs is 1. The second kappa shape index (κ2) is 5.27. The number of benzene rings is 1. The summed E-state index contributed by atoms with van der Waals surface area (Å²) in [6.07, 6.45) is 2.32. The Morgan fingerprint density at radius 2 is 1.86 bits per heavy atom. The molecule has 5 nitrogen and oxygen atoms in total. The Hall–Kier alpha value is -2.67. The molecule has 0 aliphatic heterocycles. The van der Waals surface area contributed by atoms with E-state index < -0.39 is 23.2 Å². The van der Waals surface area contributed by atoms with Crippen LogP contribution in [0.4, 0.5) is 14.5 Å². The van der Waals surface area contributed by atoms with Gasteiger partial charge in [-0.25, -0.2) is 18.7 Å². The van der Waals surface area contributed by atoms with Gasteiger partial charge in [-0.05, 0) is 12.1 Å². The van der Waals surface area contributed by atoms with Crippen LogP contribution in [0.1, 0.15) is 20.8 Å². The molecule has 8 heteroatoms. The second-order valence-electron chi connectivity index (χ2n) is 4.39. The number of allylic oxidation sites excluding steroid dienone is 2. The smallest absolute Gasteiger partial charge is 0.225 e. The number of aromatic nitrogens is 2. The molecule has 0 atom stereocenters. The van der Waals surface area contributed by atoms with Crippen LogP contribution in [-0.2, 0) is 0 Å². The van der Waals surface area contributed by atoms with E-state index in [-0.39, 0.29) is 27.7 Å².